The third-order valence-corrected chi connectivity index (χ3v) is 8.36. The second-order valence-corrected chi connectivity index (χ2v) is 10.4. The van der Waals surface area contributed by atoms with Gasteiger partial charge >= 0.3 is 5.97 Å². The van der Waals surface area contributed by atoms with Gasteiger partial charge in [0.1, 0.15) is 10.5 Å². The summed E-state index contributed by atoms with van der Waals surface area (Å²) < 4.78 is 33.2. The van der Waals surface area contributed by atoms with Crippen molar-refractivity contribution in [2.45, 2.75) is 58.3 Å². The number of aromatic nitrogens is 1. The van der Waals surface area contributed by atoms with Gasteiger partial charge in [-0.25, -0.2) is 13.2 Å². The average Bonchev–Trinajstić information content (AvgIpc) is 3.03. The van der Waals surface area contributed by atoms with Crippen molar-refractivity contribution in [3.05, 3.63) is 17.0 Å². The Bertz CT molecular complexity index is 892. The summed E-state index contributed by atoms with van der Waals surface area (Å²) in [6, 6.07) is 0. The smallest absolute Gasteiger partial charge is 0.341 e. The first kappa shape index (κ1) is 22.8. The number of sulfonamides is 1. The topological polar surface area (TPSA) is 99.8 Å². The Morgan fingerprint density at radius 1 is 1.03 bits per heavy atom. The van der Waals surface area contributed by atoms with Crippen LogP contribution in [0.25, 0.3) is 0 Å². The van der Waals surface area contributed by atoms with Crippen LogP contribution in [-0.2, 0) is 19.6 Å². The fourth-order valence-electron chi connectivity index (χ4n) is 4.49. The van der Waals surface area contributed by atoms with E-state index in [-0.39, 0.29) is 42.0 Å². The number of carbonyl (C=O) groups is 2. The number of esters is 1. The van der Waals surface area contributed by atoms with E-state index in [0.717, 1.165) is 25.9 Å². The number of aryl methyl sites for hydroxylation is 2. The van der Waals surface area contributed by atoms with Crippen molar-refractivity contribution in [3.8, 4) is 0 Å². The van der Waals surface area contributed by atoms with Crippen molar-refractivity contribution in [3.63, 3.8) is 0 Å². The van der Waals surface area contributed by atoms with Crippen LogP contribution in [0.3, 0.4) is 0 Å². The van der Waals surface area contributed by atoms with Crippen LogP contribution in [0.4, 0.5) is 0 Å². The number of nitrogens with one attached hydrogen (secondary N) is 1. The van der Waals surface area contributed by atoms with Crippen LogP contribution in [0.2, 0.25) is 0 Å². The highest BCUT2D eigenvalue weighted by molar-refractivity contribution is 7.89. The van der Waals surface area contributed by atoms with Gasteiger partial charge < -0.3 is 14.6 Å². The summed E-state index contributed by atoms with van der Waals surface area (Å²) in [5, 5.41) is 0. The summed E-state index contributed by atoms with van der Waals surface area (Å²) >= 11 is 0. The largest absolute Gasteiger partial charge is 0.462 e. The van der Waals surface area contributed by atoms with E-state index in [9.17, 15) is 18.0 Å². The van der Waals surface area contributed by atoms with E-state index in [0.29, 0.717) is 30.1 Å². The highest BCUT2D eigenvalue weighted by Gasteiger charge is 2.38. The SMILES string of the molecule is CCOC(=O)c1c(C)[nH]c(C)c1S(=O)(=O)N1CCC(C(=O)N2CCC(C)CC2)CC1. The number of nitrogens with zero attached hydrogens (tertiary/aromatic N) is 2. The Labute approximate surface area is 179 Å². The van der Waals surface area contributed by atoms with Crippen LogP contribution in [0.5, 0.6) is 0 Å². The fourth-order valence-corrected chi connectivity index (χ4v) is 6.37. The number of amides is 1. The molecule has 0 saturated carbocycles. The van der Waals surface area contributed by atoms with E-state index < -0.39 is 16.0 Å². The third kappa shape index (κ3) is 4.42. The van der Waals surface area contributed by atoms with Crippen molar-refractivity contribution in [2.24, 2.45) is 11.8 Å². The van der Waals surface area contributed by atoms with E-state index in [1.54, 1.807) is 20.8 Å². The van der Waals surface area contributed by atoms with Gasteiger partial charge in [-0.15, -0.1) is 0 Å². The Morgan fingerprint density at radius 2 is 1.63 bits per heavy atom. The van der Waals surface area contributed by atoms with Gasteiger partial charge in [-0.2, -0.15) is 4.31 Å². The van der Waals surface area contributed by atoms with Gasteiger partial charge in [0, 0.05) is 43.5 Å². The van der Waals surface area contributed by atoms with Crippen molar-refractivity contribution < 1.29 is 22.7 Å². The molecule has 2 aliphatic rings. The van der Waals surface area contributed by atoms with Gasteiger partial charge in [-0.3, -0.25) is 4.79 Å². The summed E-state index contributed by atoms with van der Waals surface area (Å²) in [7, 11) is -3.87. The summed E-state index contributed by atoms with van der Waals surface area (Å²) in [6.45, 7) is 9.52. The highest BCUT2D eigenvalue weighted by atomic mass is 32.2. The minimum absolute atomic E-state index is 0.00625. The molecular weight excluding hydrogens is 406 g/mol. The second-order valence-electron chi connectivity index (χ2n) is 8.49. The Hall–Kier alpha value is -1.87. The standard InChI is InChI=1S/C21H33N3O5S/c1-5-29-21(26)18-15(3)22-16(4)19(18)30(27,28)24-12-8-17(9-13-24)20(25)23-10-6-14(2)7-11-23/h14,17,22H,5-13H2,1-4H3. The maximum atomic E-state index is 13.4. The van der Waals surface area contributed by atoms with Crippen molar-refractivity contribution in [2.75, 3.05) is 32.8 Å². The molecular formula is C21H33N3O5S. The van der Waals surface area contributed by atoms with Gasteiger partial charge in [-0.1, -0.05) is 6.92 Å². The monoisotopic (exact) mass is 439 g/mol. The molecule has 0 radical (unpaired) electrons. The first-order valence-corrected chi connectivity index (χ1v) is 12.3. The van der Waals surface area contributed by atoms with E-state index in [2.05, 4.69) is 11.9 Å². The quantitative estimate of drug-likeness (QED) is 0.711. The molecule has 2 aliphatic heterocycles. The molecule has 0 unspecified atom stereocenters. The normalized spacial score (nSPS) is 19.8. The number of aromatic amines is 1. The average molecular weight is 440 g/mol. The lowest BCUT2D eigenvalue weighted by atomic mass is 9.93. The van der Waals surface area contributed by atoms with Crippen LogP contribution in [0, 0.1) is 25.7 Å². The summed E-state index contributed by atoms with van der Waals surface area (Å²) in [5.41, 5.74) is 0.986. The molecule has 3 rings (SSSR count). The lowest BCUT2D eigenvalue weighted by molar-refractivity contribution is -0.138. The molecule has 9 heteroatoms. The van der Waals surface area contributed by atoms with E-state index in [1.807, 2.05) is 4.90 Å². The molecule has 0 atom stereocenters. The number of ether oxygens (including phenoxy) is 1. The number of piperidine rings is 2. The molecule has 1 N–H and O–H groups in total. The minimum atomic E-state index is -3.87. The third-order valence-electron chi connectivity index (χ3n) is 6.29. The van der Waals surface area contributed by atoms with Crippen LogP contribution >= 0.6 is 0 Å². The Morgan fingerprint density at radius 3 is 2.20 bits per heavy atom. The van der Waals surface area contributed by atoms with E-state index in [4.69, 9.17) is 4.74 Å². The zero-order valence-corrected chi connectivity index (χ0v) is 19.2. The van der Waals surface area contributed by atoms with Crippen LogP contribution in [0.15, 0.2) is 4.90 Å². The maximum absolute atomic E-state index is 13.4. The van der Waals surface area contributed by atoms with Crippen LogP contribution in [0.1, 0.15) is 61.3 Å². The Balaban J connectivity index is 1.73. The van der Waals surface area contributed by atoms with Crippen molar-refractivity contribution in [1.29, 1.82) is 0 Å². The number of carbonyl (C=O) groups excluding carboxylic acids is 2. The molecule has 0 aromatic carbocycles. The molecule has 2 saturated heterocycles. The lowest BCUT2D eigenvalue weighted by Gasteiger charge is -2.36. The number of hydrogen-bond acceptors (Lipinski definition) is 5. The summed E-state index contributed by atoms with van der Waals surface area (Å²) in [5.74, 6) is 0.0354. The summed E-state index contributed by atoms with van der Waals surface area (Å²) in [6.07, 6.45) is 3.06. The van der Waals surface area contributed by atoms with E-state index >= 15 is 0 Å². The predicted molar refractivity (Wildman–Crippen MR) is 113 cm³/mol. The second kappa shape index (κ2) is 9.09. The molecule has 0 spiro atoms. The molecule has 1 aromatic rings. The zero-order valence-electron chi connectivity index (χ0n) is 18.4. The molecule has 2 fully saturated rings. The van der Waals surface area contributed by atoms with Gasteiger partial charge in [0.05, 0.1) is 6.61 Å². The first-order valence-electron chi connectivity index (χ1n) is 10.8. The molecule has 30 heavy (non-hydrogen) atoms. The Kier molecular flexibility index (Phi) is 6.91. The van der Waals surface area contributed by atoms with E-state index in [1.165, 1.54) is 4.31 Å². The number of likely N-dealkylation sites (tertiary alicyclic amines) is 1. The number of hydrogen-bond donors (Lipinski definition) is 1. The van der Waals surface area contributed by atoms with Crippen molar-refractivity contribution >= 4 is 21.9 Å². The number of H-pyrrole nitrogens is 1. The molecule has 8 nitrogen and oxygen atoms in total. The zero-order chi connectivity index (χ0) is 22.1. The van der Waals surface area contributed by atoms with Gasteiger partial charge in [0.25, 0.3) is 0 Å². The first-order chi connectivity index (χ1) is 14.2. The molecule has 0 bridgehead atoms. The summed E-state index contributed by atoms with van der Waals surface area (Å²) in [4.78, 5) is 30.1. The predicted octanol–water partition coefficient (Wildman–Crippen LogP) is 2.47. The van der Waals surface area contributed by atoms with Gasteiger partial charge in [0.15, 0.2) is 0 Å². The fraction of sp³-hybridized carbons (Fsp3) is 0.714. The maximum Gasteiger partial charge on any atom is 0.341 e. The molecule has 1 amide bonds. The van der Waals surface area contributed by atoms with Crippen molar-refractivity contribution in [1.82, 2.24) is 14.2 Å². The van der Waals surface area contributed by atoms with Gasteiger partial charge in [-0.05, 0) is 52.4 Å². The lowest BCUT2D eigenvalue weighted by Crippen LogP contribution is -2.46. The molecule has 1 aromatic heterocycles. The van der Waals surface area contributed by atoms with Crippen LogP contribution < -0.4 is 0 Å². The highest BCUT2D eigenvalue weighted by Crippen LogP contribution is 2.31. The molecule has 168 valence electrons. The molecule has 3 heterocycles. The van der Waals surface area contributed by atoms with Crippen LogP contribution in [-0.4, -0.2) is 67.3 Å². The van der Waals surface area contributed by atoms with Gasteiger partial charge in [0.2, 0.25) is 15.9 Å². The number of rotatable bonds is 5. The molecule has 0 aliphatic carbocycles. The minimum Gasteiger partial charge on any atom is -0.462 e.